The van der Waals surface area contributed by atoms with E-state index in [1.165, 1.54) is 19.3 Å². The van der Waals surface area contributed by atoms with Gasteiger partial charge in [0.1, 0.15) is 27.6 Å². The molecule has 186 valence electrons. The number of thiazole rings is 1. The molecule has 3 N–H and O–H groups in total. The van der Waals surface area contributed by atoms with Gasteiger partial charge >= 0.3 is 0 Å². The Hall–Kier alpha value is -4.55. The fourth-order valence-electron chi connectivity index (χ4n) is 3.25. The van der Waals surface area contributed by atoms with Crippen molar-refractivity contribution in [2.45, 2.75) is 0 Å². The molecule has 0 bridgehead atoms. The van der Waals surface area contributed by atoms with Crippen LogP contribution in [0.4, 0.5) is 21.8 Å². The SMILES string of the molecule is CNC(=O)c1cc(Oc2ccc3oc(Nc4ccc(Cl)c(NC(=O)c5cnc(F)s5)c4)nc3c2)ccn1. The van der Waals surface area contributed by atoms with E-state index in [1.807, 2.05) is 0 Å². The minimum Gasteiger partial charge on any atom is -0.457 e. The lowest BCUT2D eigenvalue weighted by molar-refractivity contribution is 0.0957. The molecule has 3 aromatic heterocycles. The number of aromatic nitrogens is 3. The van der Waals surface area contributed by atoms with Gasteiger partial charge < -0.3 is 25.1 Å². The molecule has 0 aliphatic rings. The quantitative estimate of drug-likeness (QED) is 0.243. The number of hydrogen-bond acceptors (Lipinski definition) is 9. The third-order valence-electron chi connectivity index (χ3n) is 4.95. The lowest BCUT2D eigenvalue weighted by atomic mass is 10.2. The summed E-state index contributed by atoms with van der Waals surface area (Å²) in [6, 6.07) is 13.3. The topological polar surface area (TPSA) is 131 Å². The zero-order valence-corrected chi connectivity index (χ0v) is 20.5. The first-order valence-corrected chi connectivity index (χ1v) is 11.8. The summed E-state index contributed by atoms with van der Waals surface area (Å²) >= 11 is 6.84. The van der Waals surface area contributed by atoms with Crippen LogP contribution in [0.15, 0.2) is 65.3 Å². The van der Waals surface area contributed by atoms with Crippen molar-refractivity contribution in [1.82, 2.24) is 20.3 Å². The number of amides is 2. The molecule has 2 amide bonds. The van der Waals surface area contributed by atoms with Crippen molar-refractivity contribution < 1.29 is 23.1 Å². The lowest BCUT2D eigenvalue weighted by Crippen LogP contribution is -2.18. The Morgan fingerprint density at radius 1 is 1.05 bits per heavy atom. The number of benzene rings is 2. The standard InChI is InChI=1S/C24H16ClFN6O4S/c1-27-21(33)18-10-14(6-7-28-18)35-13-3-5-19-17(9-13)32-24(36-19)30-12-2-4-15(25)16(8-12)31-22(34)20-11-29-23(26)37-20/h2-11H,1H3,(H,27,33)(H,30,32)(H,31,34). The van der Waals surface area contributed by atoms with Crippen molar-refractivity contribution in [2.24, 2.45) is 0 Å². The highest BCUT2D eigenvalue weighted by atomic mass is 35.5. The molecule has 0 aliphatic carbocycles. The van der Waals surface area contributed by atoms with E-state index in [0.717, 1.165) is 6.20 Å². The van der Waals surface area contributed by atoms with Crippen LogP contribution in [-0.4, -0.2) is 33.8 Å². The van der Waals surface area contributed by atoms with E-state index in [9.17, 15) is 14.0 Å². The van der Waals surface area contributed by atoms with E-state index in [4.69, 9.17) is 20.8 Å². The van der Waals surface area contributed by atoms with Crippen molar-refractivity contribution in [2.75, 3.05) is 17.7 Å². The maximum Gasteiger partial charge on any atom is 0.300 e. The Bertz CT molecular complexity index is 1640. The molecule has 0 saturated heterocycles. The summed E-state index contributed by atoms with van der Waals surface area (Å²) in [5.74, 6) is 0.0611. The number of pyridine rings is 1. The number of oxazole rings is 1. The van der Waals surface area contributed by atoms with E-state index in [0.29, 0.717) is 50.3 Å². The molecule has 10 nitrogen and oxygen atoms in total. The number of halogens is 2. The smallest absolute Gasteiger partial charge is 0.300 e. The minimum atomic E-state index is -0.703. The molecular weight excluding hydrogens is 523 g/mol. The van der Waals surface area contributed by atoms with E-state index in [2.05, 4.69) is 30.9 Å². The fourth-order valence-corrected chi connectivity index (χ4v) is 3.95. The molecule has 0 saturated carbocycles. The lowest BCUT2D eigenvalue weighted by Gasteiger charge is -2.09. The molecule has 3 heterocycles. The average Bonchev–Trinajstić information content (AvgIpc) is 3.51. The van der Waals surface area contributed by atoms with Gasteiger partial charge in [-0.1, -0.05) is 22.9 Å². The predicted octanol–water partition coefficient (Wildman–Crippen LogP) is 5.62. The summed E-state index contributed by atoms with van der Waals surface area (Å²) in [5, 5.41) is 7.76. The van der Waals surface area contributed by atoms with Gasteiger partial charge in [-0.25, -0.2) is 4.98 Å². The molecule has 0 radical (unpaired) electrons. The van der Waals surface area contributed by atoms with Gasteiger partial charge in [-0.05, 0) is 36.4 Å². The van der Waals surface area contributed by atoms with Gasteiger partial charge in [-0.2, -0.15) is 9.37 Å². The fraction of sp³-hybridized carbons (Fsp3) is 0.0417. The van der Waals surface area contributed by atoms with Gasteiger partial charge in [0.05, 0.1) is 16.9 Å². The van der Waals surface area contributed by atoms with Gasteiger partial charge in [0.2, 0.25) is 0 Å². The van der Waals surface area contributed by atoms with Gasteiger partial charge in [0.15, 0.2) is 5.58 Å². The summed E-state index contributed by atoms with van der Waals surface area (Å²) in [4.78, 5) is 36.1. The molecule has 0 fully saturated rings. The largest absolute Gasteiger partial charge is 0.457 e. The van der Waals surface area contributed by atoms with Crippen molar-refractivity contribution in [3.05, 3.63) is 81.8 Å². The molecule has 37 heavy (non-hydrogen) atoms. The molecule has 0 atom stereocenters. The summed E-state index contributed by atoms with van der Waals surface area (Å²) in [6.07, 6.45) is 2.63. The van der Waals surface area contributed by atoms with Crippen LogP contribution in [0.1, 0.15) is 20.2 Å². The number of fused-ring (bicyclic) bond motifs is 1. The monoisotopic (exact) mass is 538 g/mol. The van der Waals surface area contributed by atoms with Crippen molar-refractivity contribution in [3.63, 3.8) is 0 Å². The van der Waals surface area contributed by atoms with Crippen LogP contribution in [0, 0.1) is 5.26 Å². The van der Waals surface area contributed by atoms with Crippen molar-refractivity contribution in [3.8, 4) is 11.5 Å². The second-order valence-electron chi connectivity index (χ2n) is 7.46. The highest BCUT2D eigenvalue weighted by Gasteiger charge is 2.14. The van der Waals surface area contributed by atoms with Gasteiger partial charge in [0, 0.05) is 31.1 Å². The van der Waals surface area contributed by atoms with Crippen LogP contribution in [-0.2, 0) is 0 Å². The van der Waals surface area contributed by atoms with E-state index in [-0.39, 0.29) is 22.5 Å². The number of nitrogens with one attached hydrogen (secondary N) is 3. The van der Waals surface area contributed by atoms with Crippen LogP contribution >= 0.6 is 22.9 Å². The van der Waals surface area contributed by atoms with E-state index >= 15 is 0 Å². The third-order valence-corrected chi connectivity index (χ3v) is 6.07. The Morgan fingerprint density at radius 3 is 2.68 bits per heavy atom. The molecule has 5 aromatic rings. The highest BCUT2D eigenvalue weighted by Crippen LogP contribution is 2.31. The van der Waals surface area contributed by atoms with Crippen LogP contribution in [0.2, 0.25) is 5.02 Å². The Kier molecular flexibility index (Phi) is 6.66. The van der Waals surface area contributed by atoms with Gasteiger partial charge in [-0.15, -0.1) is 0 Å². The molecule has 13 heteroatoms. The average molecular weight is 539 g/mol. The third kappa shape index (κ3) is 5.50. The summed E-state index contributed by atoms with van der Waals surface area (Å²) in [7, 11) is 1.52. The van der Waals surface area contributed by atoms with E-state index < -0.39 is 11.2 Å². The maximum absolute atomic E-state index is 13.1. The van der Waals surface area contributed by atoms with Crippen molar-refractivity contribution >= 4 is 63.2 Å². The number of rotatable bonds is 7. The first-order valence-electron chi connectivity index (χ1n) is 10.6. The van der Waals surface area contributed by atoms with Crippen LogP contribution in [0.3, 0.4) is 0 Å². The number of carbonyl (C=O) groups excluding carboxylic acids is 2. The highest BCUT2D eigenvalue weighted by molar-refractivity contribution is 7.12. The number of nitrogens with zero attached hydrogens (tertiary/aromatic N) is 3. The first kappa shape index (κ1) is 24.2. The Morgan fingerprint density at radius 2 is 1.89 bits per heavy atom. The Labute approximate surface area is 217 Å². The summed E-state index contributed by atoms with van der Waals surface area (Å²) < 4.78 is 24.7. The number of anilines is 3. The van der Waals surface area contributed by atoms with Crippen LogP contribution in [0.25, 0.3) is 11.1 Å². The van der Waals surface area contributed by atoms with Gasteiger partial charge in [0.25, 0.3) is 23.1 Å². The van der Waals surface area contributed by atoms with Crippen LogP contribution < -0.4 is 20.7 Å². The van der Waals surface area contributed by atoms with E-state index in [1.54, 1.807) is 42.5 Å². The first-order chi connectivity index (χ1) is 17.9. The number of ether oxygens (including phenoxy) is 1. The van der Waals surface area contributed by atoms with Crippen LogP contribution in [0.5, 0.6) is 11.5 Å². The number of carbonyl (C=O) groups is 2. The zero-order valence-electron chi connectivity index (χ0n) is 18.9. The second kappa shape index (κ2) is 10.2. The summed E-state index contributed by atoms with van der Waals surface area (Å²) in [5.41, 5.74) is 2.11. The minimum absolute atomic E-state index is 0.112. The molecule has 0 unspecified atom stereocenters. The van der Waals surface area contributed by atoms with Gasteiger partial charge in [-0.3, -0.25) is 14.6 Å². The molecule has 2 aromatic carbocycles. The second-order valence-corrected chi connectivity index (χ2v) is 8.85. The molecular formula is C24H16ClFN6O4S. The molecule has 5 rings (SSSR count). The van der Waals surface area contributed by atoms with Crippen molar-refractivity contribution in [1.29, 1.82) is 0 Å². The molecule has 0 spiro atoms. The normalized spacial score (nSPS) is 10.8. The molecule has 0 aliphatic heterocycles. The zero-order chi connectivity index (χ0) is 25.9. The number of hydrogen-bond donors (Lipinski definition) is 3. The maximum atomic E-state index is 13.1. The Balaban J connectivity index is 1.32. The predicted molar refractivity (Wildman–Crippen MR) is 136 cm³/mol. The summed E-state index contributed by atoms with van der Waals surface area (Å²) in [6.45, 7) is 0.